The van der Waals surface area contributed by atoms with E-state index < -0.39 is 0 Å². The fourth-order valence-corrected chi connectivity index (χ4v) is 1.51. The molecule has 0 saturated heterocycles. The van der Waals surface area contributed by atoms with Crippen LogP contribution in [0.25, 0.3) is 0 Å². The number of amides is 2. The molecule has 0 aliphatic rings. The van der Waals surface area contributed by atoms with Crippen LogP contribution in [-0.2, 0) is 14.3 Å². The molecule has 0 aromatic rings. The molecule has 116 valence electrons. The van der Waals surface area contributed by atoms with Gasteiger partial charge in [-0.3, -0.25) is 4.79 Å². The zero-order valence-electron chi connectivity index (χ0n) is 12.3. The Labute approximate surface area is 120 Å². The highest BCUT2D eigenvalue weighted by Crippen LogP contribution is 2.00. The number of carbonyl (C=O) groups is 2. The van der Waals surface area contributed by atoms with E-state index >= 15 is 0 Å². The number of hydrogen-bond donors (Lipinski definition) is 2. The predicted octanol–water partition coefficient (Wildman–Crippen LogP) is 1.96. The number of urea groups is 1. The van der Waals surface area contributed by atoms with E-state index in [2.05, 4.69) is 17.2 Å². The van der Waals surface area contributed by atoms with Gasteiger partial charge in [0.15, 0.2) is 0 Å². The smallest absolute Gasteiger partial charge is 0.314 e. The zero-order chi connectivity index (χ0) is 15.1. The van der Waals surface area contributed by atoms with Crippen molar-refractivity contribution in [1.29, 1.82) is 0 Å². The third-order valence-electron chi connectivity index (χ3n) is 2.49. The molecule has 0 heterocycles. The topological polar surface area (TPSA) is 76.7 Å². The van der Waals surface area contributed by atoms with Gasteiger partial charge in [0, 0.05) is 19.5 Å². The molecule has 20 heavy (non-hydrogen) atoms. The van der Waals surface area contributed by atoms with Crippen LogP contribution in [0.3, 0.4) is 0 Å². The molecule has 0 rings (SSSR count). The Morgan fingerprint density at radius 3 is 2.45 bits per heavy atom. The summed E-state index contributed by atoms with van der Waals surface area (Å²) < 4.78 is 9.76. The molecule has 0 atom stereocenters. The minimum atomic E-state index is -0.172. The van der Waals surface area contributed by atoms with Crippen molar-refractivity contribution >= 4 is 12.0 Å². The fraction of sp³-hybridized carbons (Fsp3) is 0.714. The summed E-state index contributed by atoms with van der Waals surface area (Å²) in [5, 5.41) is 5.49. The van der Waals surface area contributed by atoms with E-state index in [0.29, 0.717) is 32.7 Å². The molecule has 6 heteroatoms. The maximum absolute atomic E-state index is 11.3. The number of nitrogens with one attached hydrogen (secondary N) is 2. The number of esters is 1. The van der Waals surface area contributed by atoms with Gasteiger partial charge < -0.3 is 20.1 Å². The SMILES string of the molecule is C=COCCCNC(=O)NCCCCCC(=O)OCC. The summed E-state index contributed by atoms with van der Waals surface area (Å²) in [4.78, 5) is 22.4. The third-order valence-corrected chi connectivity index (χ3v) is 2.49. The lowest BCUT2D eigenvalue weighted by molar-refractivity contribution is -0.143. The number of carbonyl (C=O) groups excluding carboxylic acids is 2. The first-order chi connectivity index (χ1) is 9.70. The van der Waals surface area contributed by atoms with Gasteiger partial charge in [0.25, 0.3) is 0 Å². The van der Waals surface area contributed by atoms with Gasteiger partial charge in [0.2, 0.25) is 0 Å². The Morgan fingerprint density at radius 1 is 1.10 bits per heavy atom. The summed E-state index contributed by atoms with van der Waals surface area (Å²) >= 11 is 0. The Hall–Kier alpha value is -1.72. The van der Waals surface area contributed by atoms with Crippen LogP contribution >= 0.6 is 0 Å². The molecular weight excluding hydrogens is 260 g/mol. The molecule has 0 aromatic heterocycles. The Kier molecular flexibility index (Phi) is 12.5. The molecule has 0 aromatic carbocycles. The Balaban J connectivity index is 3.26. The van der Waals surface area contributed by atoms with Crippen molar-refractivity contribution in [3.05, 3.63) is 12.8 Å². The van der Waals surface area contributed by atoms with E-state index in [9.17, 15) is 9.59 Å². The van der Waals surface area contributed by atoms with E-state index in [1.54, 1.807) is 6.92 Å². The summed E-state index contributed by atoms with van der Waals surface area (Å²) in [5.41, 5.74) is 0. The number of hydrogen-bond acceptors (Lipinski definition) is 4. The highest BCUT2D eigenvalue weighted by atomic mass is 16.5. The van der Waals surface area contributed by atoms with Crippen molar-refractivity contribution in [3.8, 4) is 0 Å². The van der Waals surface area contributed by atoms with E-state index in [0.717, 1.165) is 25.7 Å². The predicted molar refractivity (Wildman–Crippen MR) is 77.3 cm³/mol. The van der Waals surface area contributed by atoms with Crippen LogP contribution in [0.4, 0.5) is 4.79 Å². The molecule has 2 N–H and O–H groups in total. The van der Waals surface area contributed by atoms with Crippen molar-refractivity contribution in [1.82, 2.24) is 10.6 Å². The number of rotatable bonds is 12. The standard InChI is InChI=1S/C14H26N2O4/c1-3-19-12-8-11-16-14(18)15-10-7-5-6-9-13(17)20-4-2/h3H,1,4-12H2,2H3,(H2,15,16,18). The van der Waals surface area contributed by atoms with Crippen molar-refractivity contribution in [2.45, 2.75) is 39.0 Å². The molecule has 0 radical (unpaired) electrons. The summed E-state index contributed by atoms with van der Waals surface area (Å²) in [6, 6.07) is -0.172. The maximum Gasteiger partial charge on any atom is 0.314 e. The lowest BCUT2D eigenvalue weighted by Gasteiger charge is -2.07. The largest absolute Gasteiger partial charge is 0.502 e. The van der Waals surface area contributed by atoms with Crippen LogP contribution in [0, 0.1) is 0 Å². The molecule has 0 aliphatic heterocycles. The fourth-order valence-electron chi connectivity index (χ4n) is 1.51. The third kappa shape index (κ3) is 12.7. The molecule has 0 bridgehead atoms. The van der Waals surface area contributed by atoms with Crippen molar-refractivity contribution < 1.29 is 19.1 Å². The number of unbranched alkanes of at least 4 members (excludes halogenated alkanes) is 2. The minimum absolute atomic E-state index is 0.153. The van der Waals surface area contributed by atoms with E-state index in [-0.39, 0.29) is 12.0 Å². The summed E-state index contributed by atoms with van der Waals surface area (Å²) in [6.07, 6.45) is 5.12. The maximum atomic E-state index is 11.3. The first kappa shape index (κ1) is 18.3. The first-order valence-electron chi connectivity index (χ1n) is 7.10. The van der Waals surface area contributed by atoms with Crippen molar-refractivity contribution in [2.24, 2.45) is 0 Å². The second kappa shape index (κ2) is 13.7. The van der Waals surface area contributed by atoms with Gasteiger partial charge in [-0.25, -0.2) is 4.79 Å². The second-order valence-electron chi connectivity index (χ2n) is 4.19. The molecule has 0 fully saturated rings. The van der Waals surface area contributed by atoms with Crippen LogP contribution in [0.2, 0.25) is 0 Å². The van der Waals surface area contributed by atoms with Gasteiger partial charge in [0.05, 0.1) is 19.5 Å². The van der Waals surface area contributed by atoms with Gasteiger partial charge in [-0.05, 0) is 26.2 Å². The summed E-state index contributed by atoms with van der Waals surface area (Å²) in [7, 11) is 0. The molecule has 6 nitrogen and oxygen atoms in total. The molecular formula is C14H26N2O4. The van der Waals surface area contributed by atoms with Crippen LogP contribution in [0.15, 0.2) is 12.8 Å². The lowest BCUT2D eigenvalue weighted by atomic mass is 10.2. The summed E-state index contributed by atoms with van der Waals surface area (Å²) in [6.45, 7) is 7.39. The van der Waals surface area contributed by atoms with Crippen LogP contribution in [-0.4, -0.2) is 38.3 Å². The molecule has 0 saturated carbocycles. The summed E-state index contributed by atoms with van der Waals surface area (Å²) in [5.74, 6) is -0.153. The quantitative estimate of drug-likeness (QED) is 0.327. The van der Waals surface area contributed by atoms with Gasteiger partial charge in [-0.2, -0.15) is 0 Å². The minimum Gasteiger partial charge on any atom is -0.502 e. The Bertz CT molecular complexity index is 282. The average molecular weight is 286 g/mol. The van der Waals surface area contributed by atoms with Gasteiger partial charge in [0.1, 0.15) is 0 Å². The molecule has 0 unspecified atom stereocenters. The number of ether oxygens (including phenoxy) is 2. The van der Waals surface area contributed by atoms with Crippen LogP contribution < -0.4 is 10.6 Å². The van der Waals surface area contributed by atoms with E-state index in [4.69, 9.17) is 9.47 Å². The highest BCUT2D eigenvalue weighted by Gasteiger charge is 2.01. The molecule has 0 spiro atoms. The second-order valence-corrected chi connectivity index (χ2v) is 4.19. The highest BCUT2D eigenvalue weighted by molar-refractivity contribution is 5.73. The van der Waals surface area contributed by atoms with E-state index in [1.165, 1.54) is 6.26 Å². The Morgan fingerprint density at radius 2 is 1.80 bits per heavy atom. The van der Waals surface area contributed by atoms with Gasteiger partial charge in [-0.1, -0.05) is 13.0 Å². The molecule has 0 aliphatic carbocycles. The van der Waals surface area contributed by atoms with Gasteiger partial charge in [-0.15, -0.1) is 0 Å². The van der Waals surface area contributed by atoms with Crippen molar-refractivity contribution in [2.75, 3.05) is 26.3 Å². The van der Waals surface area contributed by atoms with Crippen LogP contribution in [0.5, 0.6) is 0 Å². The average Bonchev–Trinajstić information content (AvgIpc) is 2.42. The normalized spacial score (nSPS) is 9.65. The van der Waals surface area contributed by atoms with Crippen molar-refractivity contribution in [3.63, 3.8) is 0 Å². The monoisotopic (exact) mass is 286 g/mol. The zero-order valence-corrected chi connectivity index (χ0v) is 12.3. The molecule has 2 amide bonds. The van der Waals surface area contributed by atoms with Gasteiger partial charge >= 0.3 is 12.0 Å². The lowest BCUT2D eigenvalue weighted by Crippen LogP contribution is -2.36. The van der Waals surface area contributed by atoms with Crippen LogP contribution in [0.1, 0.15) is 39.0 Å². The van der Waals surface area contributed by atoms with E-state index in [1.807, 2.05) is 0 Å². The first-order valence-corrected chi connectivity index (χ1v) is 7.10.